The van der Waals surface area contributed by atoms with E-state index in [9.17, 15) is 31.4 Å². The maximum absolute atomic E-state index is 14.3. The molecular formula is C18H12F6N2O. The number of fused-ring (bicyclic) bond motifs is 1. The molecule has 0 fully saturated rings. The highest BCUT2D eigenvalue weighted by molar-refractivity contribution is 5.47. The molecule has 142 valence electrons. The van der Waals surface area contributed by atoms with Gasteiger partial charge in [0.05, 0.1) is 11.6 Å². The third-order valence-electron chi connectivity index (χ3n) is 4.43. The average molecular weight is 386 g/mol. The number of pyridine rings is 1. The molecule has 27 heavy (non-hydrogen) atoms. The molecule has 1 aromatic heterocycles. The second-order valence-corrected chi connectivity index (χ2v) is 6.21. The summed E-state index contributed by atoms with van der Waals surface area (Å²) in [6, 6.07) is 5.31. The number of nitriles is 1. The van der Waals surface area contributed by atoms with E-state index in [0.717, 1.165) is 18.3 Å². The molecule has 1 aliphatic rings. The number of hydrogen-bond acceptors (Lipinski definition) is 3. The highest BCUT2D eigenvalue weighted by Crippen LogP contribution is 2.49. The quantitative estimate of drug-likeness (QED) is 0.801. The topological polar surface area (TPSA) is 56.9 Å². The van der Waals surface area contributed by atoms with Gasteiger partial charge in [-0.3, -0.25) is 4.98 Å². The Labute approximate surface area is 149 Å². The normalized spacial score (nSPS) is 21.8. The van der Waals surface area contributed by atoms with Crippen molar-refractivity contribution in [2.45, 2.75) is 37.5 Å². The molecule has 3 rings (SSSR count). The van der Waals surface area contributed by atoms with Gasteiger partial charge < -0.3 is 5.11 Å². The Morgan fingerprint density at radius 2 is 1.81 bits per heavy atom. The molecule has 2 aromatic rings. The summed E-state index contributed by atoms with van der Waals surface area (Å²) in [7, 11) is 0. The minimum absolute atomic E-state index is 0.00697. The number of aryl methyl sites for hydroxylation is 2. The number of aliphatic hydroxyl groups is 1. The molecule has 0 bridgehead atoms. The molecule has 1 aromatic carbocycles. The third kappa shape index (κ3) is 3.49. The van der Waals surface area contributed by atoms with Gasteiger partial charge in [0, 0.05) is 17.3 Å². The number of hydrogen-bond donors (Lipinski definition) is 1. The van der Waals surface area contributed by atoms with E-state index < -0.39 is 47.3 Å². The fourth-order valence-corrected chi connectivity index (χ4v) is 3.25. The van der Waals surface area contributed by atoms with Crippen LogP contribution in [0.5, 0.6) is 0 Å². The van der Waals surface area contributed by atoms with E-state index in [0.29, 0.717) is 5.56 Å². The maximum Gasteiger partial charge on any atom is 0.433 e. The summed E-state index contributed by atoms with van der Waals surface area (Å²) < 4.78 is 80.9. The van der Waals surface area contributed by atoms with Crippen molar-refractivity contribution in [2.75, 3.05) is 0 Å². The molecule has 1 heterocycles. The number of aromatic nitrogens is 1. The highest BCUT2D eigenvalue weighted by Gasteiger charge is 2.49. The summed E-state index contributed by atoms with van der Waals surface area (Å²) in [4.78, 5) is 3.26. The second kappa shape index (κ2) is 6.85. The van der Waals surface area contributed by atoms with Crippen molar-refractivity contribution in [3.05, 3.63) is 63.7 Å². The van der Waals surface area contributed by atoms with E-state index in [4.69, 9.17) is 5.26 Å². The minimum atomic E-state index is -4.97. The predicted octanol–water partition coefficient (Wildman–Crippen LogP) is 4.29. The number of aliphatic hydroxyl groups excluding tert-OH is 1. The summed E-state index contributed by atoms with van der Waals surface area (Å²) in [5.41, 5.74) is -2.55. The second-order valence-electron chi connectivity index (χ2n) is 6.21. The Hall–Kier alpha value is -2.60. The SMILES string of the molecule is N#Cc1cc(F)cc(CCc2cnc(C(F)(F)F)c3c2[C@@H](F)[C@@H](F)[C@H]3O)c1. The van der Waals surface area contributed by atoms with Crippen molar-refractivity contribution in [1.29, 1.82) is 5.26 Å². The number of alkyl halides is 5. The van der Waals surface area contributed by atoms with E-state index in [1.165, 1.54) is 6.07 Å². The van der Waals surface area contributed by atoms with E-state index in [1.807, 2.05) is 0 Å². The molecule has 3 atom stereocenters. The smallest absolute Gasteiger partial charge is 0.385 e. The van der Waals surface area contributed by atoms with Crippen LogP contribution in [0.25, 0.3) is 0 Å². The van der Waals surface area contributed by atoms with Crippen LogP contribution in [0.2, 0.25) is 0 Å². The van der Waals surface area contributed by atoms with Gasteiger partial charge in [0.1, 0.15) is 11.9 Å². The van der Waals surface area contributed by atoms with Gasteiger partial charge in [0.25, 0.3) is 0 Å². The van der Waals surface area contributed by atoms with Crippen molar-refractivity contribution in [3.8, 4) is 6.07 Å². The standard InChI is InChI=1S/C18H12F6N2O/c19-11-4-8(3-9(5-11)6-25)1-2-10-7-26-17(18(22,23)24)13-12(10)14(20)15(21)16(13)27/h3-5,7,14-16,27H,1-2H2/t14-,15-,16+/m1/s1. The van der Waals surface area contributed by atoms with Crippen molar-refractivity contribution in [2.24, 2.45) is 0 Å². The van der Waals surface area contributed by atoms with Gasteiger partial charge in [-0.05, 0) is 42.2 Å². The van der Waals surface area contributed by atoms with Crippen LogP contribution in [0.4, 0.5) is 26.3 Å². The minimum Gasteiger partial charge on any atom is -0.385 e. The molecule has 0 unspecified atom stereocenters. The summed E-state index contributed by atoms with van der Waals surface area (Å²) in [6.07, 6.45) is -11.4. The van der Waals surface area contributed by atoms with Crippen LogP contribution in [0.1, 0.15) is 45.8 Å². The molecule has 0 amide bonds. The number of halogens is 6. The lowest BCUT2D eigenvalue weighted by molar-refractivity contribution is -0.143. The molecule has 0 saturated carbocycles. The molecule has 3 nitrogen and oxygen atoms in total. The van der Waals surface area contributed by atoms with Crippen LogP contribution in [-0.4, -0.2) is 16.3 Å². The molecule has 0 spiro atoms. The van der Waals surface area contributed by atoms with Gasteiger partial charge in [-0.25, -0.2) is 13.2 Å². The fourth-order valence-electron chi connectivity index (χ4n) is 3.25. The molecule has 1 N–H and O–H groups in total. The summed E-state index contributed by atoms with van der Waals surface area (Å²) >= 11 is 0. The van der Waals surface area contributed by atoms with Gasteiger partial charge in [-0.2, -0.15) is 18.4 Å². The van der Waals surface area contributed by atoms with Gasteiger partial charge in [-0.1, -0.05) is 0 Å². The molecule has 0 radical (unpaired) electrons. The number of benzene rings is 1. The van der Waals surface area contributed by atoms with Crippen LogP contribution in [0.15, 0.2) is 24.4 Å². The summed E-state index contributed by atoms with van der Waals surface area (Å²) in [5, 5.41) is 18.6. The Morgan fingerprint density at radius 3 is 2.44 bits per heavy atom. The van der Waals surface area contributed by atoms with Crippen LogP contribution < -0.4 is 0 Å². The van der Waals surface area contributed by atoms with Crippen LogP contribution in [0.3, 0.4) is 0 Å². The van der Waals surface area contributed by atoms with Gasteiger partial charge in [0.2, 0.25) is 0 Å². The van der Waals surface area contributed by atoms with E-state index >= 15 is 0 Å². The lowest BCUT2D eigenvalue weighted by Gasteiger charge is -2.16. The Balaban J connectivity index is 1.99. The van der Waals surface area contributed by atoms with Crippen molar-refractivity contribution >= 4 is 0 Å². The third-order valence-corrected chi connectivity index (χ3v) is 4.43. The first-order valence-corrected chi connectivity index (χ1v) is 7.88. The largest absolute Gasteiger partial charge is 0.433 e. The maximum atomic E-state index is 14.3. The average Bonchev–Trinajstić information content (AvgIpc) is 2.83. The van der Waals surface area contributed by atoms with Crippen molar-refractivity contribution in [3.63, 3.8) is 0 Å². The van der Waals surface area contributed by atoms with Gasteiger partial charge in [0.15, 0.2) is 18.0 Å². The number of rotatable bonds is 3. The Morgan fingerprint density at radius 1 is 1.11 bits per heavy atom. The van der Waals surface area contributed by atoms with Crippen molar-refractivity contribution in [1.82, 2.24) is 4.98 Å². The highest BCUT2D eigenvalue weighted by atomic mass is 19.4. The molecular weight excluding hydrogens is 374 g/mol. The van der Waals surface area contributed by atoms with E-state index in [1.54, 1.807) is 6.07 Å². The molecule has 0 aliphatic heterocycles. The van der Waals surface area contributed by atoms with Crippen molar-refractivity contribution < 1.29 is 31.4 Å². The molecule has 1 aliphatic carbocycles. The monoisotopic (exact) mass is 386 g/mol. The zero-order valence-corrected chi connectivity index (χ0v) is 13.6. The number of nitrogens with zero attached hydrogens (tertiary/aromatic N) is 2. The van der Waals surface area contributed by atoms with Crippen LogP contribution >= 0.6 is 0 Å². The van der Waals surface area contributed by atoms with Gasteiger partial charge >= 0.3 is 6.18 Å². The fraction of sp³-hybridized carbons (Fsp3) is 0.333. The van der Waals surface area contributed by atoms with Crippen LogP contribution in [0, 0.1) is 17.1 Å². The Bertz CT molecular complexity index is 921. The first kappa shape index (κ1) is 19.2. The predicted molar refractivity (Wildman–Crippen MR) is 81.5 cm³/mol. The summed E-state index contributed by atoms with van der Waals surface area (Å²) in [6.45, 7) is 0. The Kier molecular flexibility index (Phi) is 4.86. The molecule has 9 heteroatoms. The first-order chi connectivity index (χ1) is 12.6. The summed E-state index contributed by atoms with van der Waals surface area (Å²) in [5.74, 6) is -0.664. The molecule has 0 saturated heterocycles. The van der Waals surface area contributed by atoms with E-state index in [-0.39, 0.29) is 24.0 Å². The van der Waals surface area contributed by atoms with E-state index in [2.05, 4.69) is 4.98 Å². The lowest BCUT2D eigenvalue weighted by Crippen LogP contribution is -2.16. The van der Waals surface area contributed by atoms with Crippen LogP contribution in [-0.2, 0) is 19.0 Å². The first-order valence-electron chi connectivity index (χ1n) is 7.88. The van der Waals surface area contributed by atoms with Gasteiger partial charge in [-0.15, -0.1) is 0 Å². The lowest BCUT2D eigenvalue weighted by atomic mass is 9.96. The zero-order valence-electron chi connectivity index (χ0n) is 13.6. The zero-order chi connectivity index (χ0) is 19.9.